The SMILES string of the molecule is CC(C)(C)c1cc(-c2ccc(Br)cc2)c(O)c(-c2ccc(Br)cc2)c1. The second-order valence-corrected chi connectivity index (χ2v) is 9.02. The highest BCUT2D eigenvalue weighted by Gasteiger charge is 2.20. The van der Waals surface area contributed by atoms with E-state index in [9.17, 15) is 5.11 Å². The minimum atomic E-state index is -0.0120. The second-order valence-electron chi connectivity index (χ2n) is 7.18. The number of phenols is 1. The van der Waals surface area contributed by atoms with E-state index in [2.05, 4.69) is 64.8 Å². The highest BCUT2D eigenvalue weighted by atomic mass is 79.9. The van der Waals surface area contributed by atoms with Gasteiger partial charge in [-0.15, -0.1) is 0 Å². The van der Waals surface area contributed by atoms with Crippen LogP contribution in [0.25, 0.3) is 22.3 Å². The Labute approximate surface area is 166 Å². The van der Waals surface area contributed by atoms with E-state index in [0.29, 0.717) is 5.75 Å². The van der Waals surface area contributed by atoms with Gasteiger partial charge in [-0.2, -0.15) is 0 Å². The Hall–Kier alpha value is -1.58. The van der Waals surface area contributed by atoms with Crippen LogP contribution in [0.3, 0.4) is 0 Å². The van der Waals surface area contributed by atoms with Crippen molar-refractivity contribution in [2.24, 2.45) is 0 Å². The summed E-state index contributed by atoms with van der Waals surface area (Å²) in [5, 5.41) is 11.0. The molecule has 1 N–H and O–H groups in total. The summed E-state index contributed by atoms with van der Waals surface area (Å²) in [4.78, 5) is 0. The average molecular weight is 460 g/mol. The molecular weight excluding hydrogens is 440 g/mol. The molecular formula is C22H20Br2O. The van der Waals surface area contributed by atoms with Crippen molar-refractivity contribution in [3.63, 3.8) is 0 Å². The molecule has 0 unspecified atom stereocenters. The third-order valence-electron chi connectivity index (χ3n) is 4.29. The van der Waals surface area contributed by atoms with Crippen molar-refractivity contribution >= 4 is 31.9 Å². The summed E-state index contributed by atoms with van der Waals surface area (Å²) in [7, 11) is 0. The molecule has 0 saturated carbocycles. The predicted molar refractivity (Wildman–Crippen MR) is 113 cm³/mol. The van der Waals surface area contributed by atoms with Gasteiger partial charge in [-0.1, -0.05) is 76.9 Å². The molecule has 0 spiro atoms. The van der Waals surface area contributed by atoms with Gasteiger partial charge in [-0.3, -0.25) is 0 Å². The number of rotatable bonds is 2. The van der Waals surface area contributed by atoms with Crippen LogP contribution in [-0.4, -0.2) is 5.11 Å². The Kier molecular flexibility index (Phi) is 5.08. The van der Waals surface area contributed by atoms with Gasteiger partial charge in [-0.25, -0.2) is 0 Å². The van der Waals surface area contributed by atoms with Crippen molar-refractivity contribution in [1.29, 1.82) is 0 Å². The summed E-state index contributed by atoms with van der Waals surface area (Å²) < 4.78 is 2.05. The molecule has 0 aliphatic carbocycles. The summed E-state index contributed by atoms with van der Waals surface area (Å²) in [5.74, 6) is 0.317. The zero-order valence-electron chi connectivity index (χ0n) is 14.5. The van der Waals surface area contributed by atoms with Crippen LogP contribution in [0.2, 0.25) is 0 Å². The molecule has 0 heterocycles. The van der Waals surface area contributed by atoms with E-state index in [4.69, 9.17) is 0 Å². The first kappa shape index (κ1) is 18.2. The molecule has 0 amide bonds. The molecule has 25 heavy (non-hydrogen) atoms. The lowest BCUT2D eigenvalue weighted by molar-refractivity contribution is 0.478. The van der Waals surface area contributed by atoms with E-state index < -0.39 is 0 Å². The van der Waals surface area contributed by atoms with Crippen molar-refractivity contribution in [1.82, 2.24) is 0 Å². The van der Waals surface area contributed by atoms with Crippen molar-refractivity contribution in [2.75, 3.05) is 0 Å². The first-order valence-electron chi connectivity index (χ1n) is 8.15. The van der Waals surface area contributed by atoms with Gasteiger partial charge in [0.15, 0.2) is 0 Å². The smallest absolute Gasteiger partial charge is 0.131 e. The fourth-order valence-corrected chi connectivity index (χ4v) is 3.30. The summed E-state index contributed by atoms with van der Waals surface area (Å²) in [6.45, 7) is 6.57. The van der Waals surface area contributed by atoms with Crippen molar-refractivity contribution in [3.05, 3.63) is 75.2 Å². The number of phenolic OH excluding ortho intramolecular Hbond substituents is 1. The zero-order valence-corrected chi connectivity index (χ0v) is 17.6. The van der Waals surface area contributed by atoms with Gasteiger partial charge < -0.3 is 5.11 Å². The van der Waals surface area contributed by atoms with E-state index in [1.54, 1.807) is 0 Å². The fourth-order valence-electron chi connectivity index (χ4n) is 2.77. The molecule has 3 rings (SSSR count). The Morgan fingerprint density at radius 3 is 1.36 bits per heavy atom. The van der Waals surface area contributed by atoms with Crippen LogP contribution in [0.15, 0.2) is 69.6 Å². The lowest BCUT2D eigenvalue weighted by Gasteiger charge is -2.23. The minimum Gasteiger partial charge on any atom is -0.507 e. The quantitative estimate of drug-likeness (QED) is 0.419. The Balaban J connectivity index is 2.26. The van der Waals surface area contributed by atoms with Gasteiger partial charge in [0.05, 0.1) is 0 Å². The highest BCUT2D eigenvalue weighted by Crippen LogP contribution is 2.42. The molecule has 128 valence electrons. The molecule has 3 heteroatoms. The highest BCUT2D eigenvalue weighted by molar-refractivity contribution is 9.10. The third-order valence-corrected chi connectivity index (χ3v) is 5.34. The summed E-state index contributed by atoms with van der Waals surface area (Å²) in [6, 6.07) is 20.3. The fraction of sp³-hybridized carbons (Fsp3) is 0.182. The van der Waals surface area contributed by atoms with Crippen LogP contribution in [0, 0.1) is 0 Å². The van der Waals surface area contributed by atoms with Crippen LogP contribution in [-0.2, 0) is 5.41 Å². The minimum absolute atomic E-state index is 0.0120. The summed E-state index contributed by atoms with van der Waals surface area (Å²) >= 11 is 6.95. The molecule has 1 nitrogen and oxygen atoms in total. The molecule has 3 aromatic rings. The van der Waals surface area contributed by atoms with Crippen LogP contribution in [0.1, 0.15) is 26.3 Å². The van der Waals surface area contributed by atoms with Crippen LogP contribution in [0.4, 0.5) is 0 Å². The zero-order chi connectivity index (χ0) is 18.2. The lowest BCUT2D eigenvalue weighted by Crippen LogP contribution is -2.11. The topological polar surface area (TPSA) is 20.2 Å². The van der Waals surface area contributed by atoms with Gasteiger partial charge in [-0.05, 0) is 58.5 Å². The predicted octanol–water partition coefficient (Wildman–Crippen LogP) is 7.55. The molecule has 0 atom stereocenters. The first-order valence-corrected chi connectivity index (χ1v) is 9.74. The Morgan fingerprint density at radius 2 is 1.04 bits per heavy atom. The van der Waals surface area contributed by atoms with Crippen molar-refractivity contribution < 1.29 is 5.11 Å². The molecule has 3 aromatic carbocycles. The monoisotopic (exact) mass is 458 g/mol. The van der Waals surface area contributed by atoms with E-state index in [1.165, 1.54) is 5.56 Å². The van der Waals surface area contributed by atoms with Gasteiger partial charge in [0, 0.05) is 20.1 Å². The standard InChI is InChI=1S/C22H20Br2O/c1-22(2,3)16-12-19(14-4-8-17(23)9-5-14)21(25)20(13-16)15-6-10-18(24)11-7-15/h4-13,25H,1-3H3. The van der Waals surface area contributed by atoms with E-state index >= 15 is 0 Å². The maximum absolute atomic E-state index is 11.0. The molecule has 0 aromatic heterocycles. The second kappa shape index (κ2) is 6.97. The van der Waals surface area contributed by atoms with Crippen molar-refractivity contribution in [2.45, 2.75) is 26.2 Å². The molecule has 0 fully saturated rings. The maximum Gasteiger partial charge on any atom is 0.131 e. The van der Waals surface area contributed by atoms with Gasteiger partial charge in [0.25, 0.3) is 0 Å². The van der Waals surface area contributed by atoms with E-state index in [1.807, 2.05) is 48.5 Å². The molecule has 0 saturated heterocycles. The maximum atomic E-state index is 11.0. The molecule has 0 bridgehead atoms. The number of hydrogen-bond acceptors (Lipinski definition) is 1. The van der Waals surface area contributed by atoms with Crippen LogP contribution >= 0.6 is 31.9 Å². The van der Waals surface area contributed by atoms with E-state index in [-0.39, 0.29) is 5.41 Å². The molecule has 0 aliphatic heterocycles. The Bertz CT molecular complexity index is 822. The normalized spacial score (nSPS) is 11.6. The number of hydrogen-bond donors (Lipinski definition) is 1. The number of halogens is 2. The largest absolute Gasteiger partial charge is 0.507 e. The summed E-state index contributed by atoms with van der Waals surface area (Å²) in [5.41, 5.74) is 4.91. The van der Waals surface area contributed by atoms with Gasteiger partial charge >= 0.3 is 0 Å². The third kappa shape index (κ3) is 3.99. The Morgan fingerprint density at radius 1 is 0.680 bits per heavy atom. The van der Waals surface area contributed by atoms with Crippen LogP contribution in [0.5, 0.6) is 5.75 Å². The van der Waals surface area contributed by atoms with Crippen molar-refractivity contribution in [3.8, 4) is 28.0 Å². The summed E-state index contributed by atoms with van der Waals surface area (Å²) in [6.07, 6.45) is 0. The lowest BCUT2D eigenvalue weighted by atomic mass is 9.82. The van der Waals surface area contributed by atoms with Gasteiger partial charge in [0.2, 0.25) is 0 Å². The number of benzene rings is 3. The first-order chi connectivity index (χ1) is 11.8. The average Bonchev–Trinajstić information content (AvgIpc) is 2.56. The van der Waals surface area contributed by atoms with Gasteiger partial charge in [0.1, 0.15) is 5.75 Å². The molecule has 0 aliphatic rings. The molecule has 0 radical (unpaired) electrons. The van der Waals surface area contributed by atoms with E-state index in [0.717, 1.165) is 31.2 Å². The van der Waals surface area contributed by atoms with Crippen LogP contribution < -0.4 is 0 Å². The number of aromatic hydroxyl groups is 1.